The van der Waals surface area contributed by atoms with Gasteiger partial charge in [-0.3, -0.25) is 4.79 Å². The first-order valence-corrected chi connectivity index (χ1v) is 7.61. The van der Waals surface area contributed by atoms with Crippen LogP contribution in [0, 0.1) is 6.07 Å². The number of pyridine rings is 1. The number of carbonyl (C=O) groups is 1. The summed E-state index contributed by atoms with van der Waals surface area (Å²) in [6.45, 7) is 2.85. The Morgan fingerprint density at radius 2 is 1.92 bits per heavy atom. The SMILES string of the molecule is CC(=O)/C=C(/C)O.NOc1c[c-]c(-c2nccc3ccccc23)cc1.[Ir]. The summed E-state index contributed by atoms with van der Waals surface area (Å²) in [5.74, 6) is 5.61. The van der Waals surface area contributed by atoms with Crippen LogP contribution in [-0.2, 0) is 24.9 Å². The summed E-state index contributed by atoms with van der Waals surface area (Å²) in [4.78, 5) is 19.1. The van der Waals surface area contributed by atoms with Crippen LogP contribution in [-0.4, -0.2) is 15.9 Å². The normalized spacial score (nSPS) is 10.3. The Morgan fingerprint density at radius 3 is 2.46 bits per heavy atom. The molecule has 0 atom stereocenters. The van der Waals surface area contributed by atoms with Crippen molar-refractivity contribution in [3.63, 3.8) is 0 Å². The zero-order chi connectivity index (χ0) is 18.2. The van der Waals surface area contributed by atoms with Crippen LogP contribution < -0.4 is 10.7 Å². The molecule has 1 heterocycles. The van der Waals surface area contributed by atoms with Crippen molar-refractivity contribution in [2.75, 3.05) is 0 Å². The molecule has 1 aromatic heterocycles. The van der Waals surface area contributed by atoms with Crippen LogP contribution in [0.4, 0.5) is 0 Å². The molecular weight excluding hydrogens is 508 g/mol. The standard InChI is InChI=1S/C15H11N2O.C5H8O2.Ir/c16-18-13-7-5-12(6-8-13)15-14-4-2-1-3-11(14)9-10-17-15;1-4(6)3-5(2)7;/h1-5,7-10H,16H2;3,6H,1-2H3;/q-1;;/b;4-3-;. The monoisotopic (exact) mass is 528 g/mol. The quantitative estimate of drug-likeness (QED) is 0.233. The van der Waals surface area contributed by atoms with Gasteiger partial charge in [-0.25, -0.2) is 0 Å². The molecule has 0 amide bonds. The zero-order valence-corrected chi connectivity index (χ0v) is 16.8. The molecule has 0 aliphatic heterocycles. The predicted molar refractivity (Wildman–Crippen MR) is 97.9 cm³/mol. The Bertz CT molecular complexity index is 884. The van der Waals surface area contributed by atoms with Crippen LogP contribution in [0.3, 0.4) is 0 Å². The van der Waals surface area contributed by atoms with Gasteiger partial charge in [0.2, 0.25) is 0 Å². The Morgan fingerprint density at radius 1 is 1.19 bits per heavy atom. The number of benzene rings is 2. The second-order valence-electron chi connectivity index (χ2n) is 5.33. The van der Waals surface area contributed by atoms with Crippen molar-refractivity contribution >= 4 is 16.6 Å². The number of carbonyl (C=O) groups excluding carboxylic acids is 1. The number of nitrogens with zero attached hydrogens (tertiary/aromatic N) is 1. The Labute approximate surface area is 165 Å². The summed E-state index contributed by atoms with van der Waals surface area (Å²) in [6, 6.07) is 18.7. The first-order chi connectivity index (χ1) is 12.0. The maximum absolute atomic E-state index is 10.0. The van der Waals surface area contributed by atoms with E-state index in [4.69, 9.17) is 11.0 Å². The molecule has 137 valence electrons. The number of hydrogen-bond acceptors (Lipinski definition) is 5. The molecule has 0 saturated heterocycles. The van der Waals surface area contributed by atoms with Crippen molar-refractivity contribution in [1.29, 1.82) is 0 Å². The molecule has 6 heteroatoms. The molecule has 1 radical (unpaired) electrons. The molecule has 0 unspecified atom stereocenters. The van der Waals surface area contributed by atoms with Gasteiger partial charge in [0.15, 0.2) is 5.78 Å². The molecule has 2 aromatic carbocycles. The van der Waals surface area contributed by atoms with Crippen molar-refractivity contribution in [1.82, 2.24) is 4.98 Å². The van der Waals surface area contributed by atoms with Crippen LogP contribution in [0.25, 0.3) is 22.0 Å². The third-order valence-corrected chi connectivity index (χ3v) is 3.26. The Balaban J connectivity index is 0.000000366. The van der Waals surface area contributed by atoms with Crippen LogP contribution in [0.1, 0.15) is 13.8 Å². The van der Waals surface area contributed by atoms with E-state index in [-0.39, 0.29) is 31.6 Å². The fourth-order valence-electron chi connectivity index (χ4n) is 2.26. The Hall–Kier alpha value is -2.53. The molecule has 0 saturated carbocycles. The van der Waals surface area contributed by atoms with Gasteiger partial charge in [0, 0.05) is 32.4 Å². The molecule has 3 rings (SSSR count). The fraction of sp³-hybridized carbons (Fsp3) is 0.100. The first-order valence-electron chi connectivity index (χ1n) is 7.61. The maximum Gasteiger partial charge on any atom is 0.155 e. The van der Waals surface area contributed by atoms with E-state index < -0.39 is 0 Å². The van der Waals surface area contributed by atoms with Crippen molar-refractivity contribution in [2.45, 2.75) is 13.8 Å². The van der Waals surface area contributed by atoms with E-state index in [0.717, 1.165) is 22.0 Å². The van der Waals surface area contributed by atoms with Crippen molar-refractivity contribution < 1.29 is 34.8 Å². The molecule has 26 heavy (non-hydrogen) atoms. The third-order valence-electron chi connectivity index (χ3n) is 3.26. The van der Waals surface area contributed by atoms with Crippen LogP contribution in [0.15, 0.2) is 66.6 Å². The summed E-state index contributed by atoms with van der Waals surface area (Å²) < 4.78 is 0. The van der Waals surface area contributed by atoms with Gasteiger partial charge >= 0.3 is 0 Å². The average molecular weight is 528 g/mol. The van der Waals surface area contributed by atoms with Crippen LogP contribution >= 0.6 is 0 Å². The topological polar surface area (TPSA) is 85.4 Å². The minimum Gasteiger partial charge on any atom is -0.512 e. The van der Waals surface area contributed by atoms with Gasteiger partial charge in [0.1, 0.15) is 0 Å². The van der Waals surface area contributed by atoms with E-state index >= 15 is 0 Å². The second-order valence-corrected chi connectivity index (χ2v) is 5.33. The number of allylic oxidation sites excluding steroid dienone is 2. The molecular formula is C20H19IrN2O3-. The second kappa shape index (κ2) is 10.5. The molecule has 0 aliphatic rings. The van der Waals surface area contributed by atoms with Gasteiger partial charge in [-0.05, 0) is 36.4 Å². The van der Waals surface area contributed by atoms with Gasteiger partial charge in [0.05, 0.1) is 11.5 Å². The number of aliphatic hydroxyl groups excluding tert-OH is 1. The third kappa shape index (κ3) is 6.08. The summed E-state index contributed by atoms with van der Waals surface area (Å²) in [5, 5.41) is 10.6. The van der Waals surface area contributed by atoms with Gasteiger partial charge < -0.3 is 14.9 Å². The Kier molecular flexibility index (Phi) is 8.65. The average Bonchev–Trinajstić information content (AvgIpc) is 2.61. The van der Waals surface area contributed by atoms with E-state index in [9.17, 15) is 4.79 Å². The largest absolute Gasteiger partial charge is 0.512 e. The number of aliphatic hydroxyl groups is 1. The summed E-state index contributed by atoms with van der Waals surface area (Å²) in [6.07, 6.45) is 2.97. The van der Waals surface area contributed by atoms with Crippen molar-refractivity contribution in [2.24, 2.45) is 5.90 Å². The van der Waals surface area contributed by atoms with Gasteiger partial charge in [-0.1, -0.05) is 24.3 Å². The van der Waals surface area contributed by atoms with Crippen molar-refractivity contribution in [3.05, 3.63) is 72.6 Å². The predicted octanol–water partition coefficient (Wildman–Crippen LogP) is 3.99. The van der Waals surface area contributed by atoms with Gasteiger partial charge in [-0.2, -0.15) is 5.90 Å². The number of hydrogen-bond donors (Lipinski definition) is 2. The number of aromatic nitrogens is 1. The van der Waals surface area contributed by atoms with E-state index in [0.29, 0.717) is 5.75 Å². The minimum absolute atomic E-state index is 0. The molecule has 0 bridgehead atoms. The molecule has 0 spiro atoms. The minimum atomic E-state index is -0.125. The molecule has 0 aliphatic carbocycles. The van der Waals surface area contributed by atoms with Crippen LogP contribution in [0.5, 0.6) is 5.75 Å². The molecule has 3 N–H and O–H groups in total. The summed E-state index contributed by atoms with van der Waals surface area (Å²) in [7, 11) is 0. The molecule has 3 aromatic rings. The van der Waals surface area contributed by atoms with Gasteiger partial charge in [-0.15, -0.1) is 29.8 Å². The zero-order valence-electron chi connectivity index (χ0n) is 14.4. The van der Waals surface area contributed by atoms with E-state index in [1.165, 1.54) is 19.9 Å². The molecule has 5 nitrogen and oxygen atoms in total. The number of fused-ring (bicyclic) bond motifs is 1. The smallest absolute Gasteiger partial charge is 0.155 e. The first kappa shape index (κ1) is 21.5. The van der Waals surface area contributed by atoms with E-state index in [2.05, 4.69) is 28.0 Å². The van der Waals surface area contributed by atoms with E-state index in [1.54, 1.807) is 18.3 Å². The van der Waals surface area contributed by atoms with E-state index in [1.807, 2.05) is 24.3 Å². The number of rotatable bonds is 3. The summed E-state index contributed by atoms with van der Waals surface area (Å²) in [5.41, 5.74) is 1.84. The van der Waals surface area contributed by atoms with Crippen molar-refractivity contribution in [3.8, 4) is 17.0 Å². The number of nitrogens with two attached hydrogens (primary N) is 1. The van der Waals surface area contributed by atoms with Gasteiger partial charge in [0.25, 0.3) is 0 Å². The summed E-state index contributed by atoms with van der Waals surface area (Å²) >= 11 is 0. The molecule has 0 fully saturated rings. The fourth-order valence-corrected chi connectivity index (χ4v) is 2.26. The van der Waals surface area contributed by atoms with Crippen LogP contribution in [0.2, 0.25) is 0 Å². The number of ketones is 1. The maximum atomic E-state index is 10.0.